The highest BCUT2D eigenvalue weighted by molar-refractivity contribution is 6.35. The maximum atomic E-state index is 8.74. The van der Waals surface area contributed by atoms with E-state index < -0.39 is 6.10 Å². The molecule has 34 heavy (non-hydrogen) atoms. The molecule has 0 amide bonds. The lowest BCUT2D eigenvalue weighted by molar-refractivity contribution is 0.0331. The fourth-order valence-corrected chi connectivity index (χ4v) is 6.05. The van der Waals surface area contributed by atoms with Gasteiger partial charge < -0.3 is 15.4 Å². The van der Waals surface area contributed by atoms with Crippen molar-refractivity contribution in [3.63, 3.8) is 0 Å². The molecule has 2 fully saturated rings. The number of nitrogens with one attached hydrogen (secondary N) is 1. The molecule has 1 aromatic carbocycles. The van der Waals surface area contributed by atoms with Crippen molar-refractivity contribution in [1.29, 1.82) is 5.41 Å². The fourth-order valence-electron chi connectivity index (χ4n) is 5.38. The molecular weight excluding hydrogens is 469 g/mol. The van der Waals surface area contributed by atoms with E-state index in [-0.39, 0.29) is 0 Å². The molecule has 176 valence electrons. The molecule has 1 aliphatic heterocycles. The molecule has 8 heteroatoms. The molecule has 2 aliphatic rings. The minimum Gasteiger partial charge on any atom is -0.486 e. The van der Waals surface area contributed by atoms with E-state index >= 15 is 0 Å². The van der Waals surface area contributed by atoms with E-state index in [0.29, 0.717) is 49.3 Å². The second kappa shape index (κ2) is 8.75. The zero-order valence-corrected chi connectivity index (χ0v) is 20.7. The molecule has 1 saturated carbocycles. The second-order valence-corrected chi connectivity index (χ2v) is 10.5. The Hall–Kier alpha value is -2.83. The molecule has 1 aliphatic carbocycles. The van der Waals surface area contributed by atoms with Gasteiger partial charge in [0.05, 0.1) is 15.8 Å². The van der Waals surface area contributed by atoms with Crippen LogP contribution in [0.3, 0.4) is 0 Å². The first kappa shape index (κ1) is 22.9. The summed E-state index contributed by atoms with van der Waals surface area (Å²) in [5, 5.41) is 9.62. The Bertz CT molecular complexity index is 1210. The van der Waals surface area contributed by atoms with Gasteiger partial charge in [0.2, 0.25) is 0 Å². The van der Waals surface area contributed by atoms with Gasteiger partial charge in [-0.15, -0.1) is 0 Å². The van der Waals surface area contributed by atoms with Crippen LogP contribution in [0.5, 0.6) is 5.75 Å². The lowest BCUT2D eigenvalue weighted by Gasteiger charge is -2.59. The van der Waals surface area contributed by atoms with Crippen molar-refractivity contribution in [2.24, 2.45) is 11.3 Å². The van der Waals surface area contributed by atoms with Crippen LogP contribution in [-0.2, 0) is 0 Å². The molecule has 1 atom stereocenters. The van der Waals surface area contributed by atoms with Crippen LogP contribution in [0.15, 0.2) is 48.9 Å². The number of nitrogen functional groups attached to an aromatic ring is 1. The number of hydrogen-bond donors (Lipinski definition) is 2. The Morgan fingerprint density at radius 2 is 1.85 bits per heavy atom. The average molecular weight is 496 g/mol. The van der Waals surface area contributed by atoms with Crippen molar-refractivity contribution in [2.45, 2.75) is 32.8 Å². The van der Waals surface area contributed by atoms with Gasteiger partial charge in [-0.2, -0.15) is 0 Å². The third kappa shape index (κ3) is 4.21. The number of halogens is 2. The Labute approximate surface area is 209 Å². The van der Waals surface area contributed by atoms with E-state index in [1.807, 2.05) is 19.1 Å². The van der Waals surface area contributed by atoms with Crippen molar-refractivity contribution < 1.29 is 4.74 Å². The highest BCUT2D eigenvalue weighted by atomic mass is 35.5. The molecule has 0 radical (unpaired) electrons. The van der Waals surface area contributed by atoms with Crippen LogP contribution in [-0.4, -0.2) is 28.8 Å². The van der Waals surface area contributed by atoms with Gasteiger partial charge in [0.25, 0.3) is 0 Å². The van der Waals surface area contributed by atoms with Gasteiger partial charge in [0.15, 0.2) is 0 Å². The number of nitrogens with zero attached hydrogens (tertiary/aromatic N) is 3. The van der Waals surface area contributed by atoms with Gasteiger partial charge in [-0.05, 0) is 56.0 Å². The van der Waals surface area contributed by atoms with Crippen molar-refractivity contribution in [3.8, 4) is 5.75 Å². The summed E-state index contributed by atoms with van der Waals surface area (Å²) in [6, 6.07) is 9.20. The average Bonchev–Trinajstić information content (AvgIpc) is 2.76. The summed E-state index contributed by atoms with van der Waals surface area (Å²) in [5.74, 6) is 2.38. The predicted molar refractivity (Wildman–Crippen MR) is 137 cm³/mol. The first-order chi connectivity index (χ1) is 16.2. The molecule has 1 saturated heterocycles. The smallest absolute Gasteiger partial charge is 0.128 e. The highest BCUT2D eigenvalue weighted by Crippen LogP contribution is 2.52. The van der Waals surface area contributed by atoms with Crippen LogP contribution in [0.25, 0.3) is 0 Å². The van der Waals surface area contributed by atoms with Crippen molar-refractivity contribution in [2.75, 3.05) is 23.7 Å². The number of anilines is 2. The Kier molecular flexibility index (Phi) is 5.90. The largest absolute Gasteiger partial charge is 0.486 e. The van der Waals surface area contributed by atoms with Gasteiger partial charge in [0.1, 0.15) is 17.7 Å². The molecule has 0 bridgehead atoms. The molecule has 2 aromatic heterocycles. The van der Waals surface area contributed by atoms with E-state index in [1.165, 1.54) is 25.2 Å². The van der Waals surface area contributed by atoms with Crippen molar-refractivity contribution in [3.05, 3.63) is 75.7 Å². The van der Waals surface area contributed by atoms with Crippen LogP contribution >= 0.6 is 23.2 Å². The number of ether oxygens (including phenoxy) is 1. The SMILES string of the molecule is CC1CC2(C1)CN(c1ccc(C(=N)c3cc(O[C@H](C)c4c(Cl)cncc4Cl)ccc3N)cn1)C2. The van der Waals surface area contributed by atoms with Crippen molar-refractivity contribution >= 4 is 40.4 Å². The van der Waals surface area contributed by atoms with Crippen LogP contribution in [0.4, 0.5) is 11.5 Å². The van der Waals surface area contributed by atoms with Gasteiger partial charge in [-0.3, -0.25) is 10.4 Å². The first-order valence-corrected chi connectivity index (χ1v) is 12.2. The molecule has 5 rings (SSSR count). The number of aromatic nitrogens is 2. The molecule has 0 unspecified atom stereocenters. The number of rotatable bonds is 6. The highest BCUT2D eigenvalue weighted by Gasteiger charge is 2.50. The lowest BCUT2D eigenvalue weighted by Crippen LogP contribution is -2.62. The lowest BCUT2D eigenvalue weighted by atomic mass is 9.58. The minimum atomic E-state index is -0.409. The Morgan fingerprint density at radius 1 is 1.15 bits per heavy atom. The van der Waals surface area contributed by atoms with Gasteiger partial charge in [-0.25, -0.2) is 4.98 Å². The van der Waals surface area contributed by atoms with Crippen LogP contribution < -0.4 is 15.4 Å². The molecule has 1 spiro atoms. The summed E-state index contributed by atoms with van der Waals surface area (Å²) in [6.07, 6.45) is 7.06. The summed E-state index contributed by atoms with van der Waals surface area (Å²) in [7, 11) is 0. The number of hydrogen-bond acceptors (Lipinski definition) is 6. The normalized spacial score (nSPS) is 17.7. The molecule has 3 aromatic rings. The van der Waals surface area contributed by atoms with Gasteiger partial charge >= 0.3 is 0 Å². The first-order valence-electron chi connectivity index (χ1n) is 11.4. The van der Waals surface area contributed by atoms with Gasteiger partial charge in [0, 0.05) is 59.5 Å². The summed E-state index contributed by atoms with van der Waals surface area (Å²) in [5.41, 5.74) is 9.47. The Morgan fingerprint density at radius 3 is 2.47 bits per heavy atom. The van der Waals surface area contributed by atoms with Gasteiger partial charge in [-0.1, -0.05) is 30.1 Å². The second-order valence-electron chi connectivity index (χ2n) is 9.68. The topological polar surface area (TPSA) is 88.1 Å². The third-order valence-electron chi connectivity index (χ3n) is 6.88. The number of nitrogens with two attached hydrogens (primary N) is 1. The maximum absolute atomic E-state index is 8.74. The van der Waals surface area contributed by atoms with E-state index in [9.17, 15) is 0 Å². The third-order valence-corrected chi connectivity index (χ3v) is 7.48. The van der Waals surface area contributed by atoms with E-state index in [4.69, 9.17) is 39.1 Å². The monoisotopic (exact) mass is 495 g/mol. The molecule has 3 heterocycles. The van der Waals surface area contributed by atoms with E-state index in [0.717, 1.165) is 24.8 Å². The van der Waals surface area contributed by atoms with E-state index in [2.05, 4.69) is 21.8 Å². The standard InChI is InChI=1S/C26H27Cl2N5O/c1-15-8-26(9-15)13-33(14-26)23-6-3-17(10-32-23)25(30)19-7-18(4-5-22(19)29)34-16(2)24-20(27)11-31-12-21(24)28/h3-7,10-12,15-16,30H,8-9,13-14,29H2,1-2H3/t16-/m1/s1. The number of pyridine rings is 2. The molecular formula is C26H27Cl2N5O. The zero-order valence-electron chi connectivity index (χ0n) is 19.2. The fraction of sp³-hybridized carbons (Fsp3) is 0.346. The van der Waals surface area contributed by atoms with Crippen LogP contribution in [0.1, 0.15) is 49.5 Å². The molecule has 6 nitrogen and oxygen atoms in total. The van der Waals surface area contributed by atoms with E-state index in [1.54, 1.807) is 24.4 Å². The summed E-state index contributed by atoms with van der Waals surface area (Å²) in [6.45, 7) is 6.35. The summed E-state index contributed by atoms with van der Waals surface area (Å²) in [4.78, 5) is 10.9. The minimum absolute atomic E-state index is 0.294. The summed E-state index contributed by atoms with van der Waals surface area (Å²) < 4.78 is 6.09. The van der Waals surface area contributed by atoms with Crippen molar-refractivity contribution in [1.82, 2.24) is 9.97 Å². The number of benzene rings is 1. The predicted octanol–water partition coefficient (Wildman–Crippen LogP) is 6.16. The van der Waals surface area contributed by atoms with Crippen LogP contribution in [0.2, 0.25) is 10.0 Å². The quantitative estimate of drug-likeness (QED) is 0.315. The zero-order chi connectivity index (χ0) is 24.0. The van der Waals surface area contributed by atoms with Crippen LogP contribution in [0, 0.1) is 16.7 Å². The Balaban J connectivity index is 1.30. The maximum Gasteiger partial charge on any atom is 0.128 e. The summed E-state index contributed by atoms with van der Waals surface area (Å²) >= 11 is 12.5. The molecule has 3 N–H and O–H groups in total.